The van der Waals surface area contributed by atoms with Crippen molar-refractivity contribution in [2.24, 2.45) is 7.05 Å². The normalized spacial score (nSPS) is 11.4. The molecule has 0 bridgehead atoms. The van der Waals surface area contributed by atoms with Gasteiger partial charge in [0.05, 0.1) is 11.3 Å². The van der Waals surface area contributed by atoms with Crippen molar-refractivity contribution in [2.75, 3.05) is 5.32 Å². The number of halogens is 3. The topological polar surface area (TPSA) is 59.8 Å². The Hall–Kier alpha value is -2.38. The van der Waals surface area contributed by atoms with Crippen molar-refractivity contribution >= 4 is 11.7 Å². The van der Waals surface area contributed by atoms with Gasteiger partial charge in [0.2, 0.25) is 0 Å². The number of pyridine rings is 1. The van der Waals surface area contributed by atoms with Crippen LogP contribution in [0.25, 0.3) is 0 Å². The Balaban J connectivity index is 2.16. The van der Waals surface area contributed by atoms with E-state index in [1.807, 2.05) is 0 Å². The second kappa shape index (κ2) is 4.95. The van der Waals surface area contributed by atoms with E-state index in [0.717, 1.165) is 18.3 Å². The third-order valence-corrected chi connectivity index (χ3v) is 2.56. The zero-order valence-corrected chi connectivity index (χ0v) is 10.7. The van der Waals surface area contributed by atoms with Crippen LogP contribution in [0.15, 0.2) is 24.4 Å². The lowest BCUT2D eigenvalue weighted by Gasteiger charge is -2.07. The first-order valence-electron chi connectivity index (χ1n) is 5.62. The average molecular weight is 284 g/mol. The molecule has 0 aliphatic heterocycles. The fraction of sp³-hybridized carbons (Fsp3) is 0.250. The third-order valence-electron chi connectivity index (χ3n) is 2.56. The van der Waals surface area contributed by atoms with E-state index < -0.39 is 17.8 Å². The number of anilines is 1. The maximum atomic E-state index is 12.3. The molecule has 0 atom stereocenters. The Bertz CT molecular complexity index is 631. The lowest BCUT2D eigenvalue weighted by molar-refractivity contribution is -0.141. The molecule has 106 valence electrons. The van der Waals surface area contributed by atoms with E-state index in [2.05, 4.69) is 15.4 Å². The summed E-state index contributed by atoms with van der Waals surface area (Å²) in [6.45, 7) is 1.76. The molecule has 2 rings (SSSR count). The second-order valence-electron chi connectivity index (χ2n) is 4.18. The predicted octanol–water partition coefficient (Wildman–Crippen LogP) is 2.39. The Morgan fingerprint density at radius 1 is 1.35 bits per heavy atom. The number of aromatic nitrogens is 3. The van der Waals surface area contributed by atoms with Gasteiger partial charge in [-0.2, -0.15) is 18.3 Å². The molecule has 0 fully saturated rings. The van der Waals surface area contributed by atoms with Gasteiger partial charge in [0.15, 0.2) is 0 Å². The number of hydrogen-bond donors (Lipinski definition) is 1. The summed E-state index contributed by atoms with van der Waals surface area (Å²) in [7, 11) is 1.65. The van der Waals surface area contributed by atoms with Crippen molar-refractivity contribution in [1.29, 1.82) is 0 Å². The van der Waals surface area contributed by atoms with E-state index in [0.29, 0.717) is 11.5 Å². The van der Waals surface area contributed by atoms with Crippen LogP contribution in [0, 0.1) is 6.92 Å². The molecule has 2 aromatic heterocycles. The highest BCUT2D eigenvalue weighted by Gasteiger charge is 2.32. The van der Waals surface area contributed by atoms with Crippen LogP contribution in [0.1, 0.15) is 21.7 Å². The molecule has 0 radical (unpaired) electrons. The van der Waals surface area contributed by atoms with Crippen molar-refractivity contribution < 1.29 is 18.0 Å². The summed E-state index contributed by atoms with van der Waals surface area (Å²) >= 11 is 0. The van der Waals surface area contributed by atoms with E-state index in [9.17, 15) is 18.0 Å². The summed E-state index contributed by atoms with van der Waals surface area (Å²) in [6, 6.07) is 3.49. The van der Waals surface area contributed by atoms with E-state index >= 15 is 0 Å². The van der Waals surface area contributed by atoms with E-state index in [1.165, 1.54) is 4.68 Å². The molecule has 2 heterocycles. The van der Waals surface area contributed by atoms with E-state index in [4.69, 9.17) is 0 Å². The quantitative estimate of drug-likeness (QED) is 0.921. The summed E-state index contributed by atoms with van der Waals surface area (Å²) < 4.78 is 38.5. The predicted molar refractivity (Wildman–Crippen MR) is 65.1 cm³/mol. The van der Waals surface area contributed by atoms with Gasteiger partial charge in [-0.05, 0) is 19.1 Å². The Labute approximate surface area is 112 Å². The van der Waals surface area contributed by atoms with Crippen LogP contribution in [0.5, 0.6) is 0 Å². The Morgan fingerprint density at radius 3 is 2.50 bits per heavy atom. The zero-order chi connectivity index (χ0) is 14.9. The highest BCUT2D eigenvalue weighted by Crippen LogP contribution is 2.27. The first kappa shape index (κ1) is 14.0. The lowest BCUT2D eigenvalue weighted by Crippen LogP contribution is -2.16. The SMILES string of the molecule is Cc1cc(NC(=O)c2ccc(C(F)(F)F)nc2)n(C)n1. The number of nitrogens with one attached hydrogen (secondary N) is 1. The van der Waals surface area contributed by atoms with Crippen LogP contribution in [0.4, 0.5) is 19.0 Å². The molecule has 0 spiro atoms. The van der Waals surface area contributed by atoms with Crippen LogP contribution in [0.2, 0.25) is 0 Å². The first-order chi connectivity index (χ1) is 9.27. The minimum Gasteiger partial charge on any atom is -0.307 e. The maximum absolute atomic E-state index is 12.3. The molecule has 0 saturated carbocycles. The first-order valence-corrected chi connectivity index (χ1v) is 5.62. The Kier molecular flexibility index (Phi) is 3.47. The molecule has 8 heteroatoms. The van der Waals surface area contributed by atoms with Crippen molar-refractivity contribution in [2.45, 2.75) is 13.1 Å². The molecule has 1 N–H and O–H groups in total. The summed E-state index contributed by atoms with van der Waals surface area (Å²) in [6.07, 6.45) is -3.63. The molecular weight excluding hydrogens is 273 g/mol. The number of hydrogen-bond acceptors (Lipinski definition) is 3. The smallest absolute Gasteiger partial charge is 0.307 e. The molecule has 1 amide bonds. The van der Waals surface area contributed by atoms with Gasteiger partial charge >= 0.3 is 6.18 Å². The number of carbonyl (C=O) groups is 1. The van der Waals surface area contributed by atoms with Crippen molar-refractivity contribution in [1.82, 2.24) is 14.8 Å². The van der Waals surface area contributed by atoms with Gasteiger partial charge in [0, 0.05) is 19.3 Å². The molecule has 0 saturated heterocycles. The minimum absolute atomic E-state index is 0.0388. The van der Waals surface area contributed by atoms with Gasteiger partial charge in [-0.3, -0.25) is 14.5 Å². The minimum atomic E-state index is -4.52. The van der Waals surface area contributed by atoms with Gasteiger partial charge in [0.25, 0.3) is 5.91 Å². The van der Waals surface area contributed by atoms with E-state index in [-0.39, 0.29) is 5.56 Å². The van der Waals surface area contributed by atoms with Gasteiger partial charge in [-0.25, -0.2) is 0 Å². The van der Waals surface area contributed by atoms with Crippen LogP contribution in [0.3, 0.4) is 0 Å². The average Bonchev–Trinajstić information content (AvgIpc) is 2.67. The van der Waals surface area contributed by atoms with Gasteiger partial charge in [0.1, 0.15) is 11.5 Å². The standard InChI is InChI=1S/C12H11F3N4O/c1-7-5-10(19(2)18-7)17-11(20)8-3-4-9(16-6-8)12(13,14)15/h3-6H,1-2H3,(H,17,20). The molecule has 5 nitrogen and oxygen atoms in total. The number of aryl methyl sites for hydroxylation is 2. The van der Waals surface area contributed by atoms with Crippen molar-refractivity contribution in [3.05, 3.63) is 41.3 Å². The summed E-state index contributed by atoms with van der Waals surface area (Å²) in [5.41, 5.74) is -0.282. The number of alkyl halides is 3. The molecule has 20 heavy (non-hydrogen) atoms. The summed E-state index contributed by atoms with van der Waals surface area (Å²) in [5, 5.41) is 6.59. The maximum Gasteiger partial charge on any atom is 0.433 e. The third kappa shape index (κ3) is 2.95. The van der Waals surface area contributed by atoms with Gasteiger partial charge < -0.3 is 5.32 Å². The summed E-state index contributed by atoms with van der Waals surface area (Å²) in [5.74, 6) is -0.0957. The van der Waals surface area contributed by atoms with Crippen LogP contribution >= 0.6 is 0 Å². The van der Waals surface area contributed by atoms with Crippen LogP contribution in [-0.2, 0) is 13.2 Å². The largest absolute Gasteiger partial charge is 0.433 e. The molecule has 0 aliphatic carbocycles. The molecule has 0 unspecified atom stereocenters. The van der Waals surface area contributed by atoms with Crippen LogP contribution in [-0.4, -0.2) is 20.7 Å². The fourth-order valence-corrected chi connectivity index (χ4v) is 1.61. The van der Waals surface area contributed by atoms with Crippen molar-refractivity contribution in [3.8, 4) is 0 Å². The molecule has 2 aromatic rings. The van der Waals surface area contributed by atoms with Crippen molar-refractivity contribution in [3.63, 3.8) is 0 Å². The molecular formula is C12H11F3N4O. The number of nitrogens with zero attached hydrogens (tertiary/aromatic N) is 3. The number of amides is 1. The summed E-state index contributed by atoms with van der Waals surface area (Å²) in [4.78, 5) is 15.1. The van der Waals surface area contributed by atoms with Gasteiger partial charge in [-0.15, -0.1) is 0 Å². The molecule has 0 aromatic carbocycles. The monoisotopic (exact) mass is 284 g/mol. The lowest BCUT2D eigenvalue weighted by atomic mass is 10.2. The highest BCUT2D eigenvalue weighted by atomic mass is 19.4. The number of rotatable bonds is 2. The van der Waals surface area contributed by atoms with Gasteiger partial charge in [-0.1, -0.05) is 0 Å². The zero-order valence-electron chi connectivity index (χ0n) is 10.7. The second-order valence-corrected chi connectivity index (χ2v) is 4.18. The fourth-order valence-electron chi connectivity index (χ4n) is 1.61. The van der Waals surface area contributed by atoms with E-state index in [1.54, 1.807) is 20.0 Å². The molecule has 0 aliphatic rings. The number of carbonyl (C=O) groups excluding carboxylic acids is 1. The Morgan fingerprint density at radius 2 is 2.05 bits per heavy atom. The highest BCUT2D eigenvalue weighted by molar-refractivity contribution is 6.03. The van der Waals surface area contributed by atoms with Crippen LogP contribution < -0.4 is 5.32 Å².